The van der Waals surface area contributed by atoms with Gasteiger partial charge in [0.1, 0.15) is 0 Å². The molecule has 0 aromatic heterocycles. The van der Waals surface area contributed by atoms with Crippen LogP contribution in [-0.2, 0) is 0 Å². The normalized spacial score (nSPS) is 36.5. The summed E-state index contributed by atoms with van der Waals surface area (Å²) in [5.41, 5.74) is 4.32. The monoisotopic (exact) mass is 416 g/mol. The fourth-order valence-corrected chi connectivity index (χ4v) is 6.54. The Morgan fingerprint density at radius 3 is 2.57 bits per heavy atom. The highest BCUT2D eigenvalue weighted by Crippen LogP contribution is 2.60. The Hall–Kier alpha value is -0.900. The van der Waals surface area contributed by atoms with Gasteiger partial charge in [-0.25, -0.2) is 0 Å². The standard InChI is InChI=1S/C27H44O3/c1-18(2)27(29,30)16-14-20(4)24-12-13-25-21(7-6-15-26(24,25)5)9-10-22-17-23(28)11-8-19(22)3/h9-10,18,20,23-25,28-30H,3,6-8,11-17H2,1-2,4-5H3/b21-9+,22-10-. The molecule has 30 heavy (non-hydrogen) atoms. The zero-order valence-electron chi connectivity index (χ0n) is 19.7. The minimum Gasteiger partial charge on any atom is -0.393 e. The third-order valence-corrected chi connectivity index (χ3v) is 8.80. The number of aliphatic hydroxyl groups excluding tert-OH is 1. The van der Waals surface area contributed by atoms with Gasteiger partial charge in [-0.2, -0.15) is 0 Å². The molecule has 0 radical (unpaired) electrons. The summed E-state index contributed by atoms with van der Waals surface area (Å²) in [5.74, 6) is 0.0956. The Kier molecular flexibility index (Phi) is 7.37. The molecule has 0 amide bonds. The summed E-state index contributed by atoms with van der Waals surface area (Å²) in [7, 11) is 0. The van der Waals surface area contributed by atoms with Crippen molar-refractivity contribution < 1.29 is 15.3 Å². The number of hydrogen-bond donors (Lipinski definition) is 3. The number of allylic oxidation sites excluding steroid dienone is 4. The summed E-state index contributed by atoms with van der Waals surface area (Å²) in [6.07, 6.45) is 14.4. The number of aliphatic hydroxyl groups is 3. The second-order valence-corrected chi connectivity index (χ2v) is 11.1. The van der Waals surface area contributed by atoms with E-state index in [-0.39, 0.29) is 12.0 Å². The summed E-state index contributed by atoms with van der Waals surface area (Å²) in [6, 6.07) is 0. The highest BCUT2D eigenvalue weighted by Gasteiger charge is 2.50. The smallest absolute Gasteiger partial charge is 0.164 e. The van der Waals surface area contributed by atoms with Crippen LogP contribution in [0.4, 0.5) is 0 Å². The molecule has 0 bridgehead atoms. The maximum atomic E-state index is 10.3. The average molecular weight is 417 g/mol. The summed E-state index contributed by atoms with van der Waals surface area (Å²) in [4.78, 5) is 0. The largest absolute Gasteiger partial charge is 0.393 e. The topological polar surface area (TPSA) is 60.7 Å². The average Bonchev–Trinajstić information content (AvgIpc) is 3.04. The van der Waals surface area contributed by atoms with Gasteiger partial charge in [0, 0.05) is 12.3 Å². The van der Waals surface area contributed by atoms with Crippen molar-refractivity contribution in [2.75, 3.05) is 0 Å². The van der Waals surface area contributed by atoms with Crippen molar-refractivity contribution >= 4 is 0 Å². The lowest BCUT2D eigenvalue weighted by atomic mass is 9.60. The van der Waals surface area contributed by atoms with E-state index in [9.17, 15) is 15.3 Å². The number of hydrogen-bond acceptors (Lipinski definition) is 3. The van der Waals surface area contributed by atoms with Gasteiger partial charge in [-0.15, -0.1) is 0 Å². The first-order valence-corrected chi connectivity index (χ1v) is 12.2. The van der Waals surface area contributed by atoms with Crippen LogP contribution < -0.4 is 0 Å². The molecule has 3 saturated carbocycles. The highest BCUT2D eigenvalue weighted by atomic mass is 16.5. The van der Waals surface area contributed by atoms with Gasteiger partial charge in [0.25, 0.3) is 0 Å². The predicted molar refractivity (Wildman–Crippen MR) is 124 cm³/mol. The van der Waals surface area contributed by atoms with E-state index in [0.29, 0.717) is 29.6 Å². The Bertz CT molecular complexity index is 686. The first kappa shape index (κ1) is 23.8. The molecule has 5 unspecified atom stereocenters. The van der Waals surface area contributed by atoms with Crippen molar-refractivity contribution in [3.8, 4) is 0 Å². The zero-order valence-corrected chi connectivity index (χ0v) is 19.7. The second kappa shape index (κ2) is 9.30. The Morgan fingerprint density at radius 2 is 1.87 bits per heavy atom. The van der Waals surface area contributed by atoms with Crippen LogP contribution >= 0.6 is 0 Å². The van der Waals surface area contributed by atoms with Gasteiger partial charge in [-0.05, 0) is 86.5 Å². The first-order chi connectivity index (χ1) is 14.0. The molecule has 3 N–H and O–H groups in total. The van der Waals surface area contributed by atoms with Crippen LogP contribution in [-0.4, -0.2) is 27.2 Å². The van der Waals surface area contributed by atoms with Gasteiger partial charge in [0.15, 0.2) is 5.79 Å². The van der Waals surface area contributed by atoms with E-state index < -0.39 is 5.79 Å². The number of rotatable bonds is 6. The SMILES string of the molecule is C=C1CCC(O)C/C1=C/C=C1\CCCC2(C)C1CCC2C(C)CCC(O)(O)C(C)C. The second-order valence-electron chi connectivity index (χ2n) is 11.1. The molecule has 3 aliphatic carbocycles. The molecule has 0 spiro atoms. The van der Waals surface area contributed by atoms with E-state index in [1.165, 1.54) is 43.3 Å². The molecular weight excluding hydrogens is 372 g/mol. The number of fused-ring (bicyclic) bond motifs is 1. The Balaban J connectivity index is 1.71. The van der Waals surface area contributed by atoms with E-state index in [2.05, 4.69) is 32.6 Å². The third kappa shape index (κ3) is 4.95. The van der Waals surface area contributed by atoms with Crippen molar-refractivity contribution in [1.29, 1.82) is 0 Å². The lowest BCUT2D eigenvalue weighted by Gasteiger charge is -2.44. The van der Waals surface area contributed by atoms with Gasteiger partial charge in [-0.3, -0.25) is 0 Å². The quantitative estimate of drug-likeness (QED) is 0.472. The van der Waals surface area contributed by atoms with Crippen LogP contribution in [0.5, 0.6) is 0 Å². The summed E-state index contributed by atoms with van der Waals surface area (Å²) in [6.45, 7) is 12.8. The molecule has 0 aromatic rings. The fourth-order valence-electron chi connectivity index (χ4n) is 6.54. The molecule has 3 heteroatoms. The van der Waals surface area contributed by atoms with E-state index in [1.807, 2.05) is 13.8 Å². The van der Waals surface area contributed by atoms with E-state index >= 15 is 0 Å². The van der Waals surface area contributed by atoms with Crippen molar-refractivity contribution in [1.82, 2.24) is 0 Å². The maximum absolute atomic E-state index is 10.3. The van der Waals surface area contributed by atoms with Crippen LogP contribution in [0.1, 0.15) is 91.9 Å². The summed E-state index contributed by atoms with van der Waals surface area (Å²) >= 11 is 0. The molecule has 0 saturated heterocycles. The van der Waals surface area contributed by atoms with Crippen LogP contribution in [0, 0.1) is 29.1 Å². The maximum Gasteiger partial charge on any atom is 0.164 e. The zero-order chi connectivity index (χ0) is 22.1. The van der Waals surface area contributed by atoms with Crippen molar-refractivity contribution in [3.63, 3.8) is 0 Å². The first-order valence-electron chi connectivity index (χ1n) is 12.2. The van der Waals surface area contributed by atoms with Crippen LogP contribution in [0.2, 0.25) is 0 Å². The lowest BCUT2D eigenvalue weighted by Crippen LogP contribution is -2.38. The minimum absolute atomic E-state index is 0.137. The van der Waals surface area contributed by atoms with Gasteiger partial charge in [0.05, 0.1) is 6.10 Å². The molecule has 3 nitrogen and oxygen atoms in total. The highest BCUT2D eigenvalue weighted by molar-refractivity contribution is 5.36. The Morgan fingerprint density at radius 1 is 1.13 bits per heavy atom. The van der Waals surface area contributed by atoms with Gasteiger partial charge in [0.2, 0.25) is 0 Å². The van der Waals surface area contributed by atoms with E-state index in [0.717, 1.165) is 25.7 Å². The Labute approximate surface area is 184 Å². The molecule has 3 aliphatic rings. The summed E-state index contributed by atoms with van der Waals surface area (Å²) < 4.78 is 0. The molecule has 0 aromatic carbocycles. The molecule has 0 aliphatic heterocycles. The van der Waals surface area contributed by atoms with Crippen molar-refractivity contribution in [3.05, 3.63) is 35.5 Å². The van der Waals surface area contributed by atoms with Crippen LogP contribution in [0.3, 0.4) is 0 Å². The molecule has 170 valence electrons. The fraction of sp³-hybridized carbons (Fsp3) is 0.778. The van der Waals surface area contributed by atoms with E-state index in [1.54, 1.807) is 5.57 Å². The molecule has 3 rings (SSSR count). The van der Waals surface area contributed by atoms with Crippen LogP contribution in [0.25, 0.3) is 0 Å². The van der Waals surface area contributed by atoms with Gasteiger partial charge in [-0.1, -0.05) is 57.6 Å². The van der Waals surface area contributed by atoms with Gasteiger partial charge < -0.3 is 15.3 Å². The molecule has 5 atom stereocenters. The third-order valence-electron chi connectivity index (χ3n) is 8.80. The lowest BCUT2D eigenvalue weighted by molar-refractivity contribution is -0.199. The van der Waals surface area contributed by atoms with Crippen molar-refractivity contribution in [2.45, 2.75) is 104 Å². The van der Waals surface area contributed by atoms with Crippen LogP contribution in [0.15, 0.2) is 35.5 Å². The molecule has 3 fully saturated rings. The molecular formula is C27H44O3. The van der Waals surface area contributed by atoms with E-state index in [4.69, 9.17) is 0 Å². The molecule has 0 heterocycles. The van der Waals surface area contributed by atoms with Crippen molar-refractivity contribution in [2.24, 2.45) is 29.1 Å². The summed E-state index contributed by atoms with van der Waals surface area (Å²) in [5, 5.41) is 30.6. The van der Waals surface area contributed by atoms with Gasteiger partial charge >= 0.3 is 0 Å². The minimum atomic E-state index is -1.55. The predicted octanol–water partition coefficient (Wildman–Crippen LogP) is 5.91.